The van der Waals surface area contributed by atoms with E-state index in [0.29, 0.717) is 18.7 Å². The summed E-state index contributed by atoms with van der Waals surface area (Å²) in [5.74, 6) is 0.272. The van der Waals surface area contributed by atoms with Gasteiger partial charge in [0, 0.05) is 12.5 Å². The van der Waals surface area contributed by atoms with Crippen molar-refractivity contribution in [2.24, 2.45) is 0 Å². The summed E-state index contributed by atoms with van der Waals surface area (Å²) in [6, 6.07) is 0. The second-order valence-corrected chi connectivity index (χ2v) is 8.21. The van der Waals surface area contributed by atoms with Gasteiger partial charge in [-0.3, -0.25) is 14.9 Å². The largest absolute Gasteiger partial charge is 0.465 e. The van der Waals surface area contributed by atoms with Crippen molar-refractivity contribution >= 4 is 11.7 Å². The molecule has 162 valence electrons. The van der Waals surface area contributed by atoms with E-state index in [0.717, 1.165) is 25.7 Å². The Morgan fingerprint density at radius 3 is 1.86 bits per heavy atom. The maximum Gasteiger partial charge on any atom is 0.267 e. The van der Waals surface area contributed by atoms with Crippen LogP contribution in [-0.4, -0.2) is 17.8 Å². The molecule has 28 heavy (non-hydrogen) atoms. The van der Waals surface area contributed by atoms with Crippen molar-refractivity contribution in [2.75, 3.05) is 0 Å². The van der Waals surface area contributed by atoms with Gasteiger partial charge in [-0.25, -0.2) is 0 Å². The minimum Gasteiger partial charge on any atom is -0.465 e. The third kappa shape index (κ3) is 12.2. The number of ether oxygens (including phenoxy) is 1. The summed E-state index contributed by atoms with van der Waals surface area (Å²) in [6.07, 6.45) is 21.2. The van der Waals surface area contributed by atoms with Crippen molar-refractivity contribution in [3.8, 4) is 0 Å². The molecule has 1 aliphatic rings. The van der Waals surface area contributed by atoms with Crippen LogP contribution < -0.4 is 5.32 Å². The summed E-state index contributed by atoms with van der Waals surface area (Å²) in [4.78, 5) is 23.8. The van der Waals surface area contributed by atoms with Crippen LogP contribution in [0.3, 0.4) is 0 Å². The lowest BCUT2D eigenvalue weighted by Crippen LogP contribution is -2.22. The van der Waals surface area contributed by atoms with E-state index in [4.69, 9.17) is 4.74 Å². The van der Waals surface area contributed by atoms with Gasteiger partial charge in [0.25, 0.3) is 5.91 Å². The van der Waals surface area contributed by atoms with E-state index in [1.165, 1.54) is 76.7 Å². The molecule has 0 aromatic heterocycles. The molecule has 1 atom stereocenters. The van der Waals surface area contributed by atoms with Gasteiger partial charge in [-0.2, -0.15) is 0 Å². The second kappa shape index (κ2) is 16.6. The number of hydrogen-bond donors (Lipinski definition) is 1. The summed E-state index contributed by atoms with van der Waals surface area (Å²) in [5, 5.41) is 2.67. The summed E-state index contributed by atoms with van der Waals surface area (Å²) in [6.45, 7) is 4.35. The van der Waals surface area contributed by atoms with Crippen molar-refractivity contribution in [3.63, 3.8) is 0 Å². The standard InChI is InChI=1S/C24H43NO3/c1-3-5-7-8-9-10-11-12-13-14-15-16-17-18-21(26)20-23-25-24(27)22(28-23)19-6-4-2/h20,22H,3-19H2,1-2H3,(H,25,27)/b23-20+. The molecule has 4 heteroatoms. The second-order valence-electron chi connectivity index (χ2n) is 8.21. The Labute approximate surface area is 172 Å². The first-order valence-corrected chi connectivity index (χ1v) is 11.9. The van der Waals surface area contributed by atoms with Crippen molar-refractivity contribution in [2.45, 2.75) is 129 Å². The molecule has 1 fully saturated rings. The summed E-state index contributed by atoms with van der Waals surface area (Å²) >= 11 is 0. The predicted molar refractivity (Wildman–Crippen MR) is 116 cm³/mol. The molecule has 1 unspecified atom stereocenters. The molecule has 0 saturated carbocycles. The molecule has 1 heterocycles. The molecule has 1 saturated heterocycles. The van der Waals surface area contributed by atoms with Crippen molar-refractivity contribution in [3.05, 3.63) is 12.0 Å². The Morgan fingerprint density at radius 2 is 1.32 bits per heavy atom. The molecular weight excluding hydrogens is 350 g/mol. The molecular formula is C24H43NO3. The molecule has 0 aromatic carbocycles. The minimum atomic E-state index is -0.421. The minimum absolute atomic E-state index is 0.0505. The third-order valence-electron chi connectivity index (χ3n) is 5.45. The normalized spacial score (nSPS) is 17.7. The van der Waals surface area contributed by atoms with E-state index < -0.39 is 6.10 Å². The Morgan fingerprint density at radius 1 is 0.821 bits per heavy atom. The summed E-state index contributed by atoms with van der Waals surface area (Å²) in [7, 11) is 0. The highest BCUT2D eigenvalue weighted by atomic mass is 16.5. The number of hydrogen-bond acceptors (Lipinski definition) is 3. The Bertz CT molecular complexity index is 459. The number of allylic oxidation sites excluding steroid dienone is 1. The Kier molecular flexibility index (Phi) is 14.7. The number of carbonyl (C=O) groups excluding carboxylic acids is 2. The molecule has 0 bridgehead atoms. The van der Waals surface area contributed by atoms with Crippen LogP contribution in [0.1, 0.15) is 123 Å². The fraction of sp³-hybridized carbons (Fsp3) is 0.833. The van der Waals surface area contributed by atoms with E-state index >= 15 is 0 Å². The predicted octanol–water partition coefficient (Wildman–Crippen LogP) is 6.58. The number of amides is 1. The molecule has 1 N–H and O–H groups in total. The van der Waals surface area contributed by atoms with E-state index in [1.54, 1.807) is 0 Å². The van der Waals surface area contributed by atoms with Crippen LogP contribution in [0.2, 0.25) is 0 Å². The van der Waals surface area contributed by atoms with Gasteiger partial charge < -0.3 is 4.74 Å². The number of rotatable bonds is 18. The van der Waals surface area contributed by atoms with Crippen molar-refractivity contribution in [1.82, 2.24) is 5.32 Å². The first-order chi connectivity index (χ1) is 13.7. The average Bonchev–Trinajstić information content (AvgIpc) is 3.02. The van der Waals surface area contributed by atoms with Gasteiger partial charge in [0.05, 0.1) is 0 Å². The number of unbranched alkanes of at least 4 members (excludes halogenated alkanes) is 13. The molecule has 0 aromatic rings. The monoisotopic (exact) mass is 393 g/mol. The van der Waals surface area contributed by atoms with Crippen LogP contribution >= 0.6 is 0 Å². The van der Waals surface area contributed by atoms with E-state index in [-0.39, 0.29) is 11.7 Å². The van der Waals surface area contributed by atoms with Gasteiger partial charge in [-0.05, 0) is 19.3 Å². The molecule has 0 spiro atoms. The van der Waals surface area contributed by atoms with Gasteiger partial charge in [0.1, 0.15) is 0 Å². The van der Waals surface area contributed by atoms with Crippen LogP contribution in [0.15, 0.2) is 12.0 Å². The number of ketones is 1. The van der Waals surface area contributed by atoms with Gasteiger partial charge in [-0.1, -0.05) is 97.3 Å². The SMILES string of the molecule is CCCCCCCCCCCCCCCC(=O)/C=C1\NC(=O)C(CCCC)O1. The molecule has 1 rings (SSSR count). The Balaban J connectivity index is 1.95. The first-order valence-electron chi connectivity index (χ1n) is 11.9. The van der Waals surface area contributed by atoms with E-state index in [2.05, 4.69) is 19.2 Å². The van der Waals surface area contributed by atoms with Gasteiger partial charge in [0.15, 0.2) is 17.8 Å². The average molecular weight is 394 g/mol. The van der Waals surface area contributed by atoms with E-state index in [9.17, 15) is 9.59 Å². The lowest BCUT2D eigenvalue weighted by molar-refractivity contribution is -0.123. The Hall–Kier alpha value is -1.32. The lowest BCUT2D eigenvalue weighted by Gasteiger charge is -2.05. The molecule has 0 radical (unpaired) electrons. The van der Waals surface area contributed by atoms with Crippen LogP contribution in [0.25, 0.3) is 0 Å². The zero-order valence-electron chi connectivity index (χ0n) is 18.4. The van der Waals surface area contributed by atoms with Crippen molar-refractivity contribution in [1.29, 1.82) is 0 Å². The number of carbonyl (C=O) groups is 2. The van der Waals surface area contributed by atoms with Crippen LogP contribution in [-0.2, 0) is 14.3 Å². The first kappa shape index (κ1) is 24.7. The highest BCUT2D eigenvalue weighted by Crippen LogP contribution is 2.17. The summed E-state index contributed by atoms with van der Waals surface area (Å²) < 4.78 is 5.54. The quantitative estimate of drug-likeness (QED) is 0.211. The molecule has 1 aliphatic heterocycles. The smallest absolute Gasteiger partial charge is 0.267 e. The fourth-order valence-corrected chi connectivity index (χ4v) is 3.62. The molecule has 1 amide bonds. The van der Waals surface area contributed by atoms with Gasteiger partial charge in [0.2, 0.25) is 0 Å². The van der Waals surface area contributed by atoms with Crippen molar-refractivity contribution < 1.29 is 14.3 Å². The lowest BCUT2D eigenvalue weighted by atomic mass is 10.0. The molecule has 0 aliphatic carbocycles. The third-order valence-corrected chi connectivity index (χ3v) is 5.45. The van der Waals surface area contributed by atoms with Crippen LogP contribution in [0.5, 0.6) is 0 Å². The van der Waals surface area contributed by atoms with Gasteiger partial charge in [-0.15, -0.1) is 0 Å². The highest BCUT2D eigenvalue weighted by molar-refractivity contribution is 5.92. The summed E-state index contributed by atoms with van der Waals surface area (Å²) in [5.41, 5.74) is 0. The molecule has 4 nitrogen and oxygen atoms in total. The fourth-order valence-electron chi connectivity index (χ4n) is 3.62. The zero-order chi connectivity index (χ0) is 20.5. The van der Waals surface area contributed by atoms with Gasteiger partial charge >= 0.3 is 0 Å². The van der Waals surface area contributed by atoms with Crippen LogP contribution in [0, 0.1) is 0 Å². The maximum atomic E-state index is 12.0. The highest BCUT2D eigenvalue weighted by Gasteiger charge is 2.29. The maximum absolute atomic E-state index is 12.0. The van der Waals surface area contributed by atoms with E-state index in [1.807, 2.05) is 0 Å². The topological polar surface area (TPSA) is 55.4 Å². The van der Waals surface area contributed by atoms with Crippen LogP contribution in [0.4, 0.5) is 0 Å². The number of nitrogens with one attached hydrogen (secondary N) is 1. The zero-order valence-corrected chi connectivity index (χ0v) is 18.4.